The molecule has 0 unspecified atom stereocenters. The molecule has 0 amide bonds. The van der Waals surface area contributed by atoms with Crippen molar-refractivity contribution in [3.63, 3.8) is 0 Å². The van der Waals surface area contributed by atoms with Gasteiger partial charge in [0, 0.05) is 25.7 Å². The fourth-order valence-electron chi connectivity index (χ4n) is 3.65. The highest BCUT2D eigenvalue weighted by molar-refractivity contribution is 6.64. The summed E-state index contributed by atoms with van der Waals surface area (Å²) in [6.07, 6.45) is 10.9. The second-order valence-electron chi connectivity index (χ2n) is 6.71. The van der Waals surface area contributed by atoms with Crippen LogP contribution in [0.25, 0.3) is 0 Å². The molecule has 3 rings (SSSR count). The van der Waals surface area contributed by atoms with E-state index in [9.17, 15) is 0 Å². The zero-order valence-corrected chi connectivity index (χ0v) is 13.2. The van der Waals surface area contributed by atoms with Crippen LogP contribution in [-0.2, 0) is 18.6 Å². The monoisotopic (exact) mass is 286 g/mol. The number of rotatable bonds is 0. The molecule has 1 heterocycles. The van der Waals surface area contributed by atoms with E-state index in [0.717, 1.165) is 51.4 Å². The highest BCUT2D eigenvalue weighted by Crippen LogP contribution is 2.44. The zero-order chi connectivity index (χ0) is 13.4. The van der Waals surface area contributed by atoms with Crippen LogP contribution in [0.15, 0.2) is 0 Å². The van der Waals surface area contributed by atoms with Crippen LogP contribution < -0.4 is 0 Å². The zero-order valence-electron chi connectivity index (χ0n) is 12.2. The van der Waals surface area contributed by atoms with E-state index in [2.05, 4.69) is 13.1 Å². The lowest BCUT2D eigenvalue weighted by Gasteiger charge is -2.37. The van der Waals surface area contributed by atoms with Crippen LogP contribution in [0.3, 0.4) is 0 Å². The van der Waals surface area contributed by atoms with Gasteiger partial charge in [0.1, 0.15) is 0 Å². The second kappa shape index (κ2) is 5.11. The largest absolute Gasteiger partial charge is 0.363 e. The Morgan fingerprint density at radius 1 is 0.632 bits per heavy atom. The van der Waals surface area contributed by atoms with Crippen molar-refractivity contribution in [2.75, 3.05) is 0 Å². The lowest BCUT2D eigenvalue weighted by atomic mass is 9.94. The first-order valence-corrected chi connectivity index (χ1v) is 10.6. The number of hydrogen-bond acceptors (Lipinski definition) is 4. The minimum atomic E-state index is -2.21. The van der Waals surface area contributed by atoms with Gasteiger partial charge < -0.3 is 8.85 Å². The van der Waals surface area contributed by atoms with Gasteiger partial charge in [-0.1, -0.05) is 12.8 Å². The molecule has 2 spiro atoms. The Balaban J connectivity index is 1.79. The predicted octanol–water partition coefficient (Wildman–Crippen LogP) is 4.00. The SMILES string of the molecule is C[Si]1(C)OC2(CCCCC2)OOC2(CCCCC2)O1. The third-order valence-corrected chi connectivity index (χ3v) is 6.17. The normalized spacial score (nSPS) is 33.2. The molecule has 4 nitrogen and oxygen atoms in total. The average molecular weight is 286 g/mol. The van der Waals surface area contributed by atoms with Crippen molar-refractivity contribution in [3.05, 3.63) is 0 Å². The molecular formula is C14H26O4Si. The van der Waals surface area contributed by atoms with Gasteiger partial charge in [0.05, 0.1) is 0 Å². The summed E-state index contributed by atoms with van der Waals surface area (Å²) in [6.45, 7) is 4.25. The van der Waals surface area contributed by atoms with Crippen molar-refractivity contribution < 1.29 is 18.6 Å². The Hall–Kier alpha value is 0.0569. The first-order chi connectivity index (χ1) is 9.04. The van der Waals surface area contributed by atoms with Crippen LogP contribution in [-0.4, -0.2) is 20.1 Å². The Morgan fingerprint density at radius 2 is 1.00 bits per heavy atom. The highest BCUT2D eigenvalue weighted by atomic mass is 28.4. The summed E-state index contributed by atoms with van der Waals surface area (Å²) in [7, 11) is -2.21. The van der Waals surface area contributed by atoms with Crippen molar-refractivity contribution in [1.82, 2.24) is 0 Å². The Kier molecular flexibility index (Phi) is 3.77. The molecule has 110 valence electrons. The maximum Gasteiger partial charge on any atom is 0.336 e. The third-order valence-electron chi connectivity index (χ3n) is 4.44. The molecule has 0 aromatic rings. The molecule has 0 aromatic heterocycles. The Morgan fingerprint density at radius 3 is 1.37 bits per heavy atom. The second-order valence-corrected chi connectivity index (χ2v) is 9.92. The van der Waals surface area contributed by atoms with Crippen LogP contribution in [0.5, 0.6) is 0 Å². The van der Waals surface area contributed by atoms with Gasteiger partial charge in [-0.3, -0.25) is 0 Å². The summed E-state index contributed by atoms with van der Waals surface area (Å²) in [5, 5.41) is 0. The highest BCUT2D eigenvalue weighted by Gasteiger charge is 2.52. The summed E-state index contributed by atoms with van der Waals surface area (Å²) in [5.41, 5.74) is 0. The molecule has 3 aliphatic rings. The molecule has 2 aliphatic carbocycles. The van der Waals surface area contributed by atoms with Crippen LogP contribution in [0.1, 0.15) is 64.2 Å². The fourth-order valence-corrected chi connectivity index (χ4v) is 5.96. The minimum absolute atomic E-state index is 0.533. The summed E-state index contributed by atoms with van der Waals surface area (Å²) < 4.78 is 12.6. The average Bonchev–Trinajstić information content (AvgIpc) is 2.46. The van der Waals surface area contributed by atoms with Crippen molar-refractivity contribution in [1.29, 1.82) is 0 Å². The molecule has 0 N–H and O–H groups in total. The molecule has 19 heavy (non-hydrogen) atoms. The molecule has 1 saturated heterocycles. The van der Waals surface area contributed by atoms with Crippen molar-refractivity contribution >= 4 is 8.56 Å². The van der Waals surface area contributed by atoms with Gasteiger partial charge in [0.25, 0.3) is 0 Å². The van der Waals surface area contributed by atoms with Gasteiger partial charge in [0.2, 0.25) is 0 Å². The first kappa shape index (κ1) is 14.0. The van der Waals surface area contributed by atoms with E-state index in [1.807, 2.05) is 0 Å². The van der Waals surface area contributed by atoms with E-state index in [4.69, 9.17) is 18.6 Å². The maximum atomic E-state index is 6.32. The van der Waals surface area contributed by atoms with Gasteiger partial charge in [-0.2, -0.15) is 9.78 Å². The molecule has 5 heteroatoms. The molecule has 0 aromatic carbocycles. The number of hydrogen-bond donors (Lipinski definition) is 0. The molecular weight excluding hydrogens is 260 g/mol. The van der Waals surface area contributed by atoms with Crippen molar-refractivity contribution in [2.45, 2.75) is 88.9 Å². The molecule has 2 saturated carbocycles. The van der Waals surface area contributed by atoms with E-state index >= 15 is 0 Å². The van der Waals surface area contributed by atoms with Crippen LogP contribution in [0.2, 0.25) is 13.1 Å². The standard InChI is InChI=1S/C14H26O4Si/c1-19(2)17-13(9-5-3-6-10-13)15-16-14(18-19)11-7-4-8-12-14/h3-12H2,1-2H3. The smallest absolute Gasteiger partial charge is 0.336 e. The van der Waals surface area contributed by atoms with E-state index in [-0.39, 0.29) is 0 Å². The van der Waals surface area contributed by atoms with Gasteiger partial charge >= 0.3 is 8.56 Å². The Labute approximate surface area is 116 Å². The molecule has 0 radical (unpaired) electrons. The molecule has 3 fully saturated rings. The van der Waals surface area contributed by atoms with Crippen LogP contribution in [0, 0.1) is 0 Å². The maximum absolute atomic E-state index is 6.32. The minimum Gasteiger partial charge on any atom is -0.363 e. The molecule has 0 atom stereocenters. The predicted molar refractivity (Wildman–Crippen MR) is 73.5 cm³/mol. The van der Waals surface area contributed by atoms with E-state index in [0.29, 0.717) is 0 Å². The fraction of sp³-hybridized carbons (Fsp3) is 1.00. The van der Waals surface area contributed by atoms with E-state index in [1.165, 1.54) is 12.8 Å². The first-order valence-electron chi connectivity index (χ1n) is 7.81. The van der Waals surface area contributed by atoms with Crippen LogP contribution in [0.4, 0.5) is 0 Å². The van der Waals surface area contributed by atoms with Gasteiger partial charge in [-0.15, -0.1) is 0 Å². The van der Waals surface area contributed by atoms with Crippen molar-refractivity contribution in [2.24, 2.45) is 0 Å². The van der Waals surface area contributed by atoms with Crippen LogP contribution >= 0.6 is 0 Å². The van der Waals surface area contributed by atoms with Gasteiger partial charge in [0.15, 0.2) is 11.6 Å². The molecule has 0 bridgehead atoms. The third kappa shape index (κ3) is 3.05. The molecule has 1 aliphatic heterocycles. The van der Waals surface area contributed by atoms with Gasteiger partial charge in [-0.25, -0.2) is 0 Å². The lowest BCUT2D eigenvalue weighted by molar-refractivity contribution is -0.475. The quantitative estimate of drug-likeness (QED) is 0.498. The Bertz CT molecular complexity index is 289. The summed E-state index contributed by atoms with van der Waals surface area (Å²) in [4.78, 5) is 11.7. The van der Waals surface area contributed by atoms with Crippen molar-refractivity contribution in [3.8, 4) is 0 Å². The lowest BCUT2D eigenvalue weighted by Crippen LogP contribution is -2.49. The van der Waals surface area contributed by atoms with Gasteiger partial charge in [-0.05, 0) is 38.8 Å². The summed E-state index contributed by atoms with van der Waals surface area (Å²) in [6, 6.07) is 0. The van der Waals surface area contributed by atoms with E-state index < -0.39 is 20.1 Å². The summed E-state index contributed by atoms with van der Waals surface area (Å²) in [5.74, 6) is -1.07. The van der Waals surface area contributed by atoms with E-state index in [1.54, 1.807) is 0 Å². The summed E-state index contributed by atoms with van der Waals surface area (Å²) >= 11 is 0. The topological polar surface area (TPSA) is 36.9 Å².